The van der Waals surface area contributed by atoms with E-state index < -0.39 is 17.9 Å². The Labute approximate surface area is 379 Å². The van der Waals surface area contributed by atoms with Crippen LogP contribution in [0.15, 0.2) is 84.9 Å². The van der Waals surface area contributed by atoms with Crippen molar-refractivity contribution in [2.24, 2.45) is 11.8 Å². The maximum atomic E-state index is 14.1. The van der Waals surface area contributed by atoms with Gasteiger partial charge in [0.15, 0.2) is 0 Å². The number of rotatable bonds is 21. The van der Waals surface area contributed by atoms with Gasteiger partial charge in [0.1, 0.15) is 6.04 Å². The molecule has 64 heavy (non-hydrogen) atoms. The molecule has 1 unspecified atom stereocenters. The molecule has 12 nitrogen and oxygen atoms in total. The van der Waals surface area contributed by atoms with Crippen LogP contribution in [0.5, 0.6) is 0 Å². The van der Waals surface area contributed by atoms with Crippen LogP contribution in [0.4, 0.5) is 0 Å². The quantitative estimate of drug-likeness (QED) is 0.100. The number of carbonyl (C=O) groups excluding carboxylic acids is 6. The van der Waals surface area contributed by atoms with Crippen molar-refractivity contribution in [3.8, 4) is 0 Å². The highest BCUT2D eigenvalue weighted by Crippen LogP contribution is 2.42. The van der Waals surface area contributed by atoms with Gasteiger partial charge in [0, 0.05) is 74.2 Å². The van der Waals surface area contributed by atoms with Gasteiger partial charge in [-0.15, -0.1) is 0 Å². The van der Waals surface area contributed by atoms with Gasteiger partial charge in [0.05, 0.1) is 18.4 Å². The number of nitrogens with zero attached hydrogens (tertiary/aromatic N) is 3. The molecule has 3 aromatic carbocycles. The van der Waals surface area contributed by atoms with Crippen LogP contribution in [0, 0.1) is 11.8 Å². The molecule has 2 saturated carbocycles. The molecular weight excluding hydrogens is 805 g/mol. The van der Waals surface area contributed by atoms with E-state index in [9.17, 15) is 28.8 Å². The number of likely N-dealkylation sites (tertiary alicyclic amines) is 1. The first-order chi connectivity index (χ1) is 31.2. The standard InChI is InChI=1S/C52H68N6O6/c1-3-5-7-9-17-23-47(59)58-30-29-56(35-46(58)50(62)53-28-18-10-8-6-4-2)51(63)38-24-26-39(27-25-38)52(64)57-33-42(48(60)54-44-31-40(44)36-19-13-11-14-20-36)43(34-57)49(61)55-45-32-41(45)37-21-15-12-16-22-37/h11-16,19-22,24-27,40-46H,3-10,17-18,23,28-35H2,1-2H3,(H,53,62)(H,54,60)(H,55,61)/t40-,41-,42-,43-,44+,45+,46?/m1/s1. The van der Waals surface area contributed by atoms with E-state index in [1.165, 1.54) is 11.1 Å². The van der Waals surface area contributed by atoms with E-state index in [2.05, 4.69) is 54.1 Å². The molecule has 2 saturated heterocycles. The normalized spacial score (nSPS) is 23.6. The van der Waals surface area contributed by atoms with Gasteiger partial charge in [-0.3, -0.25) is 28.8 Å². The molecule has 0 radical (unpaired) electrons. The van der Waals surface area contributed by atoms with Crippen molar-refractivity contribution in [3.05, 3.63) is 107 Å². The lowest BCUT2D eigenvalue weighted by molar-refractivity contribution is -0.143. The first kappa shape index (κ1) is 46.5. The van der Waals surface area contributed by atoms with E-state index in [0.29, 0.717) is 30.6 Å². The number of nitrogens with one attached hydrogen (secondary N) is 3. The molecule has 3 N–H and O–H groups in total. The van der Waals surface area contributed by atoms with Crippen molar-refractivity contribution in [2.75, 3.05) is 39.3 Å². The van der Waals surface area contributed by atoms with E-state index in [4.69, 9.17) is 0 Å². The zero-order valence-corrected chi connectivity index (χ0v) is 37.9. The molecular formula is C52H68N6O6. The highest BCUT2D eigenvalue weighted by molar-refractivity contribution is 6.00. The molecule has 342 valence electrons. The van der Waals surface area contributed by atoms with E-state index in [0.717, 1.165) is 77.0 Å². The van der Waals surface area contributed by atoms with Crippen molar-refractivity contribution in [3.63, 3.8) is 0 Å². The molecule has 2 aliphatic carbocycles. The minimum absolute atomic E-state index is 0.0203. The number of hydrogen-bond acceptors (Lipinski definition) is 6. The second-order valence-electron chi connectivity index (χ2n) is 18.5. The molecule has 2 heterocycles. The summed E-state index contributed by atoms with van der Waals surface area (Å²) in [5, 5.41) is 9.42. The predicted octanol–water partition coefficient (Wildman–Crippen LogP) is 6.82. The van der Waals surface area contributed by atoms with E-state index in [1.54, 1.807) is 39.0 Å². The van der Waals surface area contributed by atoms with Crippen LogP contribution >= 0.6 is 0 Å². The van der Waals surface area contributed by atoms with Gasteiger partial charge in [-0.2, -0.15) is 0 Å². The zero-order valence-electron chi connectivity index (χ0n) is 37.9. The molecule has 7 atom stereocenters. The average molecular weight is 873 g/mol. The fraction of sp³-hybridized carbons (Fsp3) is 0.538. The molecule has 12 heteroatoms. The first-order valence-electron chi connectivity index (χ1n) is 24.1. The van der Waals surface area contributed by atoms with Crippen LogP contribution in [-0.2, 0) is 19.2 Å². The summed E-state index contributed by atoms with van der Waals surface area (Å²) < 4.78 is 0. The van der Waals surface area contributed by atoms with E-state index in [-0.39, 0.29) is 85.5 Å². The van der Waals surface area contributed by atoms with Gasteiger partial charge in [-0.05, 0) is 61.1 Å². The third-order valence-electron chi connectivity index (χ3n) is 13.7. The molecule has 4 aliphatic rings. The van der Waals surface area contributed by atoms with E-state index >= 15 is 0 Å². The molecule has 0 bridgehead atoms. The SMILES string of the molecule is CCCCCCCNC(=O)C1CN(C(=O)c2ccc(C(=O)N3C[C@@H](C(=O)N[C@H]4C[C@@H]4c4ccccc4)[C@H](C(=O)N[C@H]4C[C@@H]4c4ccccc4)C3)cc2)CCN1C(=O)CCCCCCC. The third kappa shape index (κ3) is 12.0. The molecule has 4 fully saturated rings. The number of benzene rings is 3. The van der Waals surface area contributed by atoms with Gasteiger partial charge >= 0.3 is 0 Å². The molecule has 0 spiro atoms. The Morgan fingerprint density at radius 1 is 0.531 bits per heavy atom. The van der Waals surface area contributed by atoms with Crippen LogP contribution < -0.4 is 16.0 Å². The highest BCUT2D eigenvalue weighted by Gasteiger charge is 2.49. The Kier molecular flexibility index (Phi) is 16.3. The summed E-state index contributed by atoms with van der Waals surface area (Å²) >= 11 is 0. The first-order valence-corrected chi connectivity index (χ1v) is 24.1. The summed E-state index contributed by atoms with van der Waals surface area (Å²) in [6.45, 7) is 5.70. The van der Waals surface area contributed by atoms with Gasteiger partial charge in [-0.1, -0.05) is 126 Å². The van der Waals surface area contributed by atoms with Gasteiger partial charge in [-0.25, -0.2) is 0 Å². The lowest BCUT2D eigenvalue weighted by Gasteiger charge is -2.40. The number of hydrogen-bond donors (Lipinski definition) is 3. The fourth-order valence-corrected chi connectivity index (χ4v) is 9.62. The fourth-order valence-electron chi connectivity index (χ4n) is 9.62. The predicted molar refractivity (Wildman–Crippen MR) is 247 cm³/mol. The lowest BCUT2D eigenvalue weighted by atomic mass is 9.94. The Bertz CT molecular complexity index is 1990. The number of piperazine rings is 1. The summed E-state index contributed by atoms with van der Waals surface area (Å²) in [7, 11) is 0. The largest absolute Gasteiger partial charge is 0.354 e. The van der Waals surface area contributed by atoms with Crippen LogP contribution in [0.25, 0.3) is 0 Å². The second kappa shape index (κ2) is 22.4. The average Bonchev–Trinajstić information content (AvgIpc) is 4.24. The van der Waals surface area contributed by atoms with Gasteiger partial charge < -0.3 is 30.7 Å². The molecule has 6 amide bonds. The maximum Gasteiger partial charge on any atom is 0.253 e. The van der Waals surface area contributed by atoms with Gasteiger partial charge in [0.25, 0.3) is 11.8 Å². The topological polar surface area (TPSA) is 148 Å². The minimum atomic E-state index is -0.781. The number of amides is 6. The van der Waals surface area contributed by atoms with Crippen LogP contribution in [-0.4, -0.2) is 108 Å². The van der Waals surface area contributed by atoms with Crippen LogP contribution in [0.1, 0.15) is 141 Å². The molecule has 0 aromatic heterocycles. The summed E-state index contributed by atoms with van der Waals surface area (Å²) in [6, 6.07) is 25.8. The third-order valence-corrected chi connectivity index (χ3v) is 13.7. The summed E-state index contributed by atoms with van der Waals surface area (Å²) in [4.78, 5) is 87.9. The van der Waals surface area contributed by atoms with Crippen molar-refractivity contribution < 1.29 is 28.8 Å². The molecule has 3 aromatic rings. The van der Waals surface area contributed by atoms with Gasteiger partial charge in [0.2, 0.25) is 23.6 Å². The monoisotopic (exact) mass is 873 g/mol. The van der Waals surface area contributed by atoms with Crippen LogP contribution in [0.2, 0.25) is 0 Å². The summed E-state index contributed by atoms with van der Waals surface area (Å²) in [5.41, 5.74) is 3.05. The maximum absolute atomic E-state index is 14.1. The summed E-state index contributed by atoms with van der Waals surface area (Å²) in [6.07, 6.45) is 12.4. The van der Waals surface area contributed by atoms with E-state index in [1.807, 2.05) is 36.4 Å². The molecule has 7 rings (SSSR count). The Hall–Kier alpha value is -5.52. The highest BCUT2D eigenvalue weighted by atomic mass is 16.2. The van der Waals surface area contributed by atoms with Crippen LogP contribution in [0.3, 0.4) is 0 Å². The minimum Gasteiger partial charge on any atom is -0.354 e. The zero-order chi connectivity index (χ0) is 45.0. The Morgan fingerprint density at radius 3 is 1.53 bits per heavy atom. The summed E-state index contributed by atoms with van der Waals surface area (Å²) in [5.74, 6) is -2.31. The Morgan fingerprint density at radius 2 is 1.02 bits per heavy atom. The number of unbranched alkanes of at least 4 members (excludes halogenated alkanes) is 8. The number of carbonyl (C=O) groups is 6. The smallest absolute Gasteiger partial charge is 0.253 e. The van der Waals surface area contributed by atoms with Crippen molar-refractivity contribution in [1.29, 1.82) is 0 Å². The van der Waals surface area contributed by atoms with Crippen molar-refractivity contribution >= 4 is 35.4 Å². The Balaban J connectivity index is 0.984. The molecule has 2 aliphatic heterocycles. The lowest BCUT2D eigenvalue weighted by Crippen LogP contribution is -2.61. The van der Waals surface area contributed by atoms with Crippen molar-refractivity contribution in [2.45, 2.75) is 127 Å². The second-order valence-corrected chi connectivity index (χ2v) is 18.5. The van der Waals surface area contributed by atoms with Crippen molar-refractivity contribution in [1.82, 2.24) is 30.7 Å².